The Bertz CT molecular complexity index is 1010. The van der Waals surface area contributed by atoms with E-state index >= 15 is 0 Å². The van der Waals surface area contributed by atoms with E-state index in [0.717, 1.165) is 4.90 Å². The number of ether oxygens (including phenoxy) is 1. The van der Waals surface area contributed by atoms with Crippen LogP contribution in [0.25, 0.3) is 0 Å². The molecule has 2 aromatic rings. The minimum Gasteiger partial charge on any atom is -0.460 e. The minimum absolute atomic E-state index is 0.264. The van der Waals surface area contributed by atoms with Gasteiger partial charge in [-0.2, -0.15) is 0 Å². The average Bonchev–Trinajstić information content (AvgIpc) is 3.11. The van der Waals surface area contributed by atoms with E-state index in [2.05, 4.69) is 5.32 Å². The number of rotatable bonds is 7. The average molecular weight is 466 g/mol. The van der Waals surface area contributed by atoms with Crippen LogP contribution >= 0.6 is 0 Å². The second-order valence-corrected chi connectivity index (χ2v) is 8.52. The van der Waals surface area contributed by atoms with Crippen LogP contribution < -0.4 is 10.2 Å². The van der Waals surface area contributed by atoms with Gasteiger partial charge in [0.1, 0.15) is 19.7 Å². The fourth-order valence-electron chi connectivity index (χ4n) is 4.55. The lowest BCUT2D eigenvalue weighted by Gasteiger charge is -2.33. The largest absolute Gasteiger partial charge is 0.460 e. The number of esters is 1. The van der Waals surface area contributed by atoms with E-state index in [1.165, 1.54) is 11.8 Å². The zero-order valence-electron chi connectivity index (χ0n) is 19.2. The molecule has 4 rings (SSSR count). The zero-order chi connectivity index (χ0) is 24.1. The molecule has 0 unspecified atom stereocenters. The normalized spacial score (nSPS) is 18.0. The summed E-state index contributed by atoms with van der Waals surface area (Å²) in [5, 5.41) is 2.87. The van der Waals surface area contributed by atoms with Gasteiger partial charge >= 0.3 is 12.0 Å². The molecule has 2 N–H and O–H groups in total. The van der Waals surface area contributed by atoms with Crippen LogP contribution in [0.2, 0.25) is 0 Å². The monoisotopic (exact) mass is 465 g/mol. The third kappa shape index (κ3) is 4.65. The highest BCUT2D eigenvalue weighted by atomic mass is 16.5. The molecular formula is C25H29N4O5+. The minimum atomic E-state index is -1.38. The van der Waals surface area contributed by atoms with Crippen LogP contribution in [-0.2, 0) is 24.7 Å². The first kappa shape index (κ1) is 23.4. The Morgan fingerprint density at radius 3 is 2.06 bits per heavy atom. The fourth-order valence-corrected chi connectivity index (χ4v) is 4.55. The molecule has 0 spiro atoms. The van der Waals surface area contributed by atoms with Crippen molar-refractivity contribution in [3.05, 3.63) is 71.8 Å². The second kappa shape index (κ2) is 10.0. The quantitative estimate of drug-likeness (QED) is 0.435. The molecule has 2 saturated heterocycles. The van der Waals surface area contributed by atoms with Crippen molar-refractivity contribution < 1.29 is 28.8 Å². The van der Waals surface area contributed by atoms with Crippen LogP contribution in [0.15, 0.2) is 60.7 Å². The maximum atomic E-state index is 13.7. The van der Waals surface area contributed by atoms with E-state index in [4.69, 9.17) is 4.74 Å². The van der Waals surface area contributed by atoms with Crippen molar-refractivity contribution in [1.82, 2.24) is 15.1 Å². The molecule has 0 saturated carbocycles. The standard InChI is InChI=1S/C25H28N4O5/c1-19(30)34-17-16-27-12-14-28(15-13-27)22(31)18-29-23(32)25(26-24(29)33,20-8-4-2-5-9-20)21-10-6-3-7-11-21/h2-11H,12-18H2,1H3,(H,26,33)/p+1. The van der Waals surface area contributed by atoms with Crippen molar-refractivity contribution in [3.63, 3.8) is 0 Å². The van der Waals surface area contributed by atoms with E-state index < -0.39 is 17.5 Å². The molecule has 0 bridgehead atoms. The smallest absolute Gasteiger partial charge is 0.326 e. The van der Waals surface area contributed by atoms with Crippen LogP contribution in [0, 0.1) is 0 Å². The molecule has 34 heavy (non-hydrogen) atoms. The first-order valence-electron chi connectivity index (χ1n) is 11.4. The summed E-state index contributed by atoms with van der Waals surface area (Å²) in [7, 11) is 0. The van der Waals surface area contributed by atoms with Gasteiger partial charge in [-0.15, -0.1) is 0 Å². The Morgan fingerprint density at radius 1 is 0.971 bits per heavy atom. The highest BCUT2D eigenvalue weighted by molar-refractivity contribution is 6.11. The fraction of sp³-hybridized carbons (Fsp3) is 0.360. The molecule has 2 fully saturated rings. The molecule has 4 amide bonds. The Hall–Kier alpha value is -3.72. The Balaban J connectivity index is 1.45. The lowest BCUT2D eigenvalue weighted by atomic mass is 9.82. The number of carbonyl (C=O) groups is 4. The third-order valence-corrected chi connectivity index (χ3v) is 6.40. The molecule has 2 aliphatic heterocycles. The molecule has 0 aliphatic carbocycles. The SMILES string of the molecule is CC(=O)OCC[NH+]1CCN(C(=O)CN2C(=O)NC(c3ccccc3)(c3ccccc3)C2=O)CC1. The Morgan fingerprint density at radius 2 is 1.53 bits per heavy atom. The lowest BCUT2D eigenvalue weighted by Crippen LogP contribution is -3.15. The summed E-state index contributed by atoms with van der Waals surface area (Å²) < 4.78 is 4.99. The number of imide groups is 1. The highest BCUT2D eigenvalue weighted by Crippen LogP contribution is 2.35. The summed E-state index contributed by atoms with van der Waals surface area (Å²) in [4.78, 5) is 54.6. The van der Waals surface area contributed by atoms with Crippen molar-refractivity contribution in [3.8, 4) is 0 Å². The van der Waals surface area contributed by atoms with Gasteiger partial charge in [0.15, 0.2) is 5.54 Å². The molecule has 9 nitrogen and oxygen atoms in total. The van der Waals surface area contributed by atoms with Crippen molar-refractivity contribution in [1.29, 1.82) is 0 Å². The Kier molecular flexibility index (Phi) is 6.93. The molecule has 0 aromatic heterocycles. The zero-order valence-corrected chi connectivity index (χ0v) is 19.2. The van der Waals surface area contributed by atoms with Crippen molar-refractivity contribution in [2.45, 2.75) is 12.5 Å². The molecule has 0 atom stereocenters. The van der Waals surface area contributed by atoms with Gasteiger partial charge in [0.2, 0.25) is 5.91 Å². The number of carbonyl (C=O) groups excluding carboxylic acids is 4. The number of quaternary nitrogens is 1. The van der Waals surface area contributed by atoms with Crippen molar-refractivity contribution in [2.24, 2.45) is 0 Å². The third-order valence-electron chi connectivity index (χ3n) is 6.40. The van der Waals surface area contributed by atoms with E-state index in [-0.39, 0.29) is 18.4 Å². The van der Waals surface area contributed by atoms with Gasteiger partial charge in [0.05, 0.1) is 26.2 Å². The summed E-state index contributed by atoms with van der Waals surface area (Å²) in [6.07, 6.45) is 0. The summed E-state index contributed by atoms with van der Waals surface area (Å²) in [6, 6.07) is 17.6. The predicted molar refractivity (Wildman–Crippen MR) is 123 cm³/mol. The number of hydrogen-bond donors (Lipinski definition) is 2. The maximum absolute atomic E-state index is 13.7. The number of amides is 4. The molecule has 2 aromatic carbocycles. The number of hydrogen-bond acceptors (Lipinski definition) is 5. The van der Waals surface area contributed by atoms with E-state index in [1.807, 2.05) is 36.4 Å². The van der Waals surface area contributed by atoms with Gasteiger partial charge in [-0.25, -0.2) is 4.79 Å². The van der Waals surface area contributed by atoms with Gasteiger partial charge in [-0.1, -0.05) is 60.7 Å². The van der Waals surface area contributed by atoms with Gasteiger partial charge in [0, 0.05) is 6.92 Å². The summed E-state index contributed by atoms with van der Waals surface area (Å²) >= 11 is 0. The van der Waals surface area contributed by atoms with Gasteiger partial charge < -0.3 is 19.9 Å². The van der Waals surface area contributed by atoms with E-state index in [9.17, 15) is 19.2 Å². The van der Waals surface area contributed by atoms with Crippen molar-refractivity contribution in [2.75, 3.05) is 45.9 Å². The molecule has 9 heteroatoms. The predicted octanol–water partition coefficient (Wildman–Crippen LogP) is -0.228. The van der Waals surface area contributed by atoms with E-state index in [0.29, 0.717) is 50.5 Å². The number of nitrogens with zero attached hydrogens (tertiary/aromatic N) is 2. The topological polar surface area (TPSA) is 100 Å². The summed E-state index contributed by atoms with van der Waals surface area (Å²) in [5.74, 6) is -1.03. The first-order chi connectivity index (χ1) is 16.4. The van der Waals surface area contributed by atoms with Crippen LogP contribution in [0.1, 0.15) is 18.1 Å². The van der Waals surface area contributed by atoms with Gasteiger partial charge in [-0.05, 0) is 11.1 Å². The van der Waals surface area contributed by atoms with Crippen LogP contribution in [-0.4, -0.2) is 79.5 Å². The van der Waals surface area contributed by atoms with E-state index in [1.54, 1.807) is 29.2 Å². The highest BCUT2D eigenvalue weighted by Gasteiger charge is 2.54. The second-order valence-electron chi connectivity index (χ2n) is 8.52. The molecular weight excluding hydrogens is 436 g/mol. The number of urea groups is 1. The molecule has 2 heterocycles. The van der Waals surface area contributed by atoms with Crippen LogP contribution in [0.3, 0.4) is 0 Å². The summed E-state index contributed by atoms with van der Waals surface area (Å²) in [6.45, 7) is 4.56. The number of benzene rings is 2. The van der Waals surface area contributed by atoms with Crippen LogP contribution in [0.5, 0.6) is 0 Å². The molecule has 2 aliphatic rings. The summed E-state index contributed by atoms with van der Waals surface area (Å²) in [5.41, 5.74) is -0.0987. The number of nitrogens with one attached hydrogen (secondary N) is 2. The maximum Gasteiger partial charge on any atom is 0.326 e. The van der Waals surface area contributed by atoms with Crippen molar-refractivity contribution >= 4 is 23.8 Å². The van der Waals surface area contributed by atoms with Crippen LogP contribution in [0.4, 0.5) is 4.79 Å². The Labute approximate surface area is 198 Å². The van der Waals surface area contributed by atoms with Gasteiger partial charge in [-0.3, -0.25) is 19.3 Å². The molecule has 178 valence electrons. The van der Waals surface area contributed by atoms with Gasteiger partial charge in [0.25, 0.3) is 5.91 Å². The lowest BCUT2D eigenvalue weighted by molar-refractivity contribution is -0.904. The first-order valence-corrected chi connectivity index (χ1v) is 11.4. The number of piperazine rings is 1. The molecule has 0 radical (unpaired) electrons.